The number of carbonyl (C=O) groups is 4. The monoisotopic (exact) mass is 518 g/mol. The molecule has 0 aromatic heterocycles. The Kier molecular flexibility index (Phi) is 5.53. The Hall–Kier alpha value is -3.78. The van der Waals surface area contributed by atoms with Crippen molar-refractivity contribution in [2.75, 3.05) is 16.3 Å². The minimum atomic E-state index is -0.590. The highest BCUT2D eigenvalue weighted by molar-refractivity contribution is 9.10. The third-order valence-electron chi connectivity index (χ3n) is 6.02. The first-order valence-corrected chi connectivity index (χ1v) is 11.5. The standard InChI is InChI=1S/C26H19BrN2O5/c1-15-12-19(10-11-22(15)29-24(31)20-4-2-3-5-21(20)25(29)32)34-26(33)16-13-23(30)28(14-16)18-8-6-17(27)7-9-18/h2-12,16H,13-14H2,1H3/t16-/m1/s1. The highest BCUT2D eigenvalue weighted by atomic mass is 79.9. The minimum Gasteiger partial charge on any atom is -0.426 e. The predicted octanol–water partition coefficient (Wildman–Crippen LogP) is 4.52. The molecule has 8 heteroatoms. The van der Waals surface area contributed by atoms with E-state index in [1.54, 1.807) is 54.3 Å². The number of halogens is 1. The molecular weight excluding hydrogens is 500 g/mol. The van der Waals surface area contributed by atoms with Crippen molar-refractivity contribution >= 4 is 51.0 Å². The van der Waals surface area contributed by atoms with Crippen molar-refractivity contribution in [3.8, 4) is 5.75 Å². The average Bonchev–Trinajstić information content (AvgIpc) is 3.33. The molecule has 7 nitrogen and oxygen atoms in total. The number of anilines is 2. The SMILES string of the molecule is Cc1cc(OC(=O)[C@@H]2CC(=O)N(c3ccc(Br)cc3)C2)ccc1N1C(=O)c2ccccc2C1=O. The average molecular weight is 519 g/mol. The van der Waals surface area contributed by atoms with Gasteiger partial charge in [0.1, 0.15) is 5.75 Å². The Morgan fingerprint density at radius 3 is 2.21 bits per heavy atom. The maximum atomic E-state index is 12.8. The summed E-state index contributed by atoms with van der Waals surface area (Å²) >= 11 is 3.37. The van der Waals surface area contributed by atoms with Crippen LogP contribution < -0.4 is 14.5 Å². The van der Waals surface area contributed by atoms with Gasteiger partial charge in [-0.3, -0.25) is 19.2 Å². The van der Waals surface area contributed by atoms with Gasteiger partial charge in [-0.15, -0.1) is 0 Å². The van der Waals surface area contributed by atoms with E-state index >= 15 is 0 Å². The van der Waals surface area contributed by atoms with Crippen molar-refractivity contribution in [1.82, 2.24) is 0 Å². The molecule has 170 valence electrons. The zero-order valence-electron chi connectivity index (χ0n) is 18.2. The molecule has 2 aliphatic rings. The van der Waals surface area contributed by atoms with Crippen LogP contribution in [0.2, 0.25) is 0 Å². The third kappa shape index (κ3) is 3.80. The number of nitrogens with zero attached hydrogens (tertiary/aromatic N) is 2. The first kappa shape index (κ1) is 22.0. The molecule has 1 fully saturated rings. The van der Waals surface area contributed by atoms with E-state index < -0.39 is 11.9 Å². The quantitative estimate of drug-likeness (QED) is 0.288. The molecule has 0 bridgehead atoms. The van der Waals surface area contributed by atoms with Gasteiger partial charge in [-0.2, -0.15) is 0 Å². The fourth-order valence-electron chi connectivity index (χ4n) is 4.29. The van der Waals surface area contributed by atoms with Crippen LogP contribution in [0.15, 0.2) is 71.2 Å². The highest BCUT2D eigenvalue weighted by Crippen LogP contribution is 2.33. The number of esters is 1. The van der Waals surface area contributed by atoms with E-state index in [9.17, 15) is 19.2 Å². The van der Waals surface area contributed by atoms with Crippen LogP contribution in [0.4, 0.5) is 11.4 Å². The Morgan fingerprint density at radius 2 is 1.59 bits per heavy atom. The molecule has 0 unspecified atom stereocenters. The number of fused-ring (bicyclic) bond motifs is 1. The van der Waals surface area contributed by atoms with Crippen LogP contribution >= 0.6 is 15.9 Å². The van der Waals surface area contributed by atoms with Crippen LogP contribution in [-0.2, 0) is 9.59 Å². The zero-order chi connectivity index (χ0) is 24.0. The van der Waals surface area contributed by atoms with Crippen LogP contribution in [-0.4, -0.2) is 30.2 Å². The molecule has 5 rings (SSSR count). The largest absolute Gasteiger partial charge is 0.426 e. The number of hydrogen-bond donors (Lipinski definition) is 0. The van der Waals surface area contributed by atoms with E-state index in [1.165, 1.54) is 0 Å². The van der Waals surface area contributed by atoms with Gasteiger partial charge < -0.3 is 9.64 Å². The zero-order valence-corrected chi connectivity index (χ0v) is 19.7. The second kappa shape index (κ2) is 8.53. The van der Waals surface area contributed by atoms with Crippen LogP contribution in [0.1, 0.15) is 32.7 Å². The van der Waals surface area contributed by atoms with Gasteiger partial charge >= 0.3 is 5.97 Å². The lowest BCUT2D eigenvalue weighted by Gasteiger charge is -2.18. The van der Waals surface area contributed by atoms with Crippen molar-refractivity contribution in [3.63, 3.8) is 0 Å². The summed E-state index contributed by atoms with van der Waals surface area (Å²) in [5, 5.41) is 0. The Bertz CT molecular complexity index is 1320. The van der Waals surface area contributed by atoms with Gasteiger partial charge in [-0.1, -0.05) is 28.1 Å². The van der Waals surface area contributed by atoms with Crippen LogP contribution in [0, 0.1) is 12.8 Å². The molecule has 2 heterocycles. The number of aryl methyl sites for hydroxylation is 1. The van der Waals surface area contributed by atoms with Gasteiger partial charge in [-0.05, 0) is 67.1 Å². The summed E-state index contributed by atoms with van der Waals surface area (Å²) in [4.78, 5) is 53.5. The number of hydrogen-bond acceptors (Lipinski definition) is 5. The summed E-state index contributed by atoms with van der Waals surface area (Å²) in [5.41, 5.74) is 2.50. The van der Waals surface area contributed by atoms with Crippen molar-refractivity contribution in [2.24, 2.45) is 5.92 Å². The highest BCUT2D eigenvalue weighted by Gasteiger charge is 2.38. The lowest BCUT2D eigenvalue weighted by molar-refractivity contribution is -0.139. The molecule has 0 radical (unpaired) electrons. The number of benzene rings is 3. The summed E-state index contributed by atoms with van der Waals surface area (Å²) in [7, 11) is 0. The maximum Gasteiger partial charge on any atom is 0.316 e. The Labute approximate surface area is 204 Å². The van der Waals surface area contributed by atoms with E-state index in [-0.39, 0.29) is 36.4 Å². The first-order valence-electron chi connectivity index (χ1n) is 10.7. The fourth-order valence-corrected chi connectivity index (χ4v) is 4.55. The molecule has 2 aliphatic heterocycles. The first-order chi connectivity index (χ1) is 16.3. The number of ether oxygens (including phenoxy) is 1. The summed E-state index contributed by atoms with van der Waals surface area (Å²) in [5.74, 6) is -1.70. The molecule has 3 aromatic carbocycles. The molecule has 0 spiro atoms. The molecule has 34 heavy (non-hydrogen) atoms. The molecule has 0 saturated carbocycles. The second-order valence-corrected chi connectivity index (χ2v) is 9.16. The number of imide groups is 1. The number of rotatable bonds is 4. The fraction of sp³-hybridized carbons (Fsp3) is 0.154. The molecule has 1 saturated heterocycles. The van der Waals surface area contributed by atoms with E-state index in [1.807, 2.05) is 24.3 Å². The normalized spacial score (nSPS) is 17.4. The smallest absolute Gasteiger partial charge is 0.316 e. The molecule has 3 aromatic rings. The van der Waals surface area contributed by atoms with Gasteiger partial charge in [0.05, 0.1) is 22.7 Å². The molecular formula is C26H19BrN2O5. The topological polar surface area (TPSA) is 84.0 Å². The molecule has 3 amide bonds. The lowest BCUT2D eigenvalue weighted by Crippen LogP contribution is -2.30. The van der Waals surface area contributed by atoms with Gasteiger partial charge in [0, 0.05) is 23.1 Å². The van der Waals surface area contributed by atoms with Gasteiger partial charge in [0.15, 0.2) is 0 Å². The van der Waals surface area contributed by atoms with Crippen LogP contribution in [0.5, 0.6) is 5.75 Å². The van der Waals surface area contributed by atoms with Gasteiger partial charge in [0.25, 0.3) is 11.8 Å². The van der Waals surface area contributed by atoms with E-state index in [2.05, 4.69) is 15.9 Å². The van der Waals surface area contributed by atoms with Crippen molar-refractivity contribution in [2.45, 2.75) is 13.3 Å². The van der Waals surface area contributed by atoms with Crippen molar-refractivity contribution in [3.05, 3.63) is 87.9 Å². The summed E-state index contributed by atoms with van der Waals surface area (Å²) in [6, 6.07) is 18.8. The third-order valence-corrected chi connectivity index (χ3v) is 6.55. The predicted molar refractivity (Wildman–Crippen MR) is 129 cm³/mol. The van der Waals surface area contributed by atoms with Crippen LogP contribution in [0.3, 0.4) is 0 Å². The van der Waals surface area contributed by atoms with Crippen molar-refractivity contribution in [1.29, 1.82) is 0 Å². The molecule has 0 N–H and O–H groups in total. The van der Waals surface area contributed by atoms with Gasteiger partial charge in [0.2, 0.25) is 5.91 Å². The lowest BCUT2D eigenvalue weighted by atomic mass is 10.1. The second-order valence-electron chi connectivity index (χ2n) is 8.24. The van der Waals surface area contributed by atoms with Crippen molar-refractivity contribution < 1.29 is 23.9 Å². The van der Waals surface area contributed by atoms with Crippen LogP contribution in [0.25, 0.3) is 0 Å². The Balaban J connectivity index is 1.30. The molecule has 1 atom stereocenters. The maximum absolute atomic E-state index is 12.8. The van der Waals surface area contributed by atoms with E-state index in [0.717, 1.165) is 15.1 Å². The summed E-state index contributed by atoms with van der Waals surface area (Å²) < 4.78 is 6.45. The Morgan fingerprint density at radius 1 is 0.941 bits per heavy atom. The number of amides is 3. The number of carbonyl (C=O) groups excluding carboxylic acids is 4. The van der Waals surface area contributed by atoms with E-state index in [0.29, 0.717) is 22.4 Å². The summed E-state index contributed by atoms with van der Waals surface area (Å²) in [6.07, 6.45) is 0.0704. The van der Waals surface area contributed by atoms with Gasteiger partial charge in [-0.25, -0.2) is 4.90 Å². The summed E-state index contributed by atoms with van der Waals surface area (Å²) in [6.45, 7) is 1.98. The van der Waals surface area contributed by atoms with E-state index in [4.69, 9.17) is 4.74 Å². The molecule has 0 aliphatic carbocycles. The minimum absolute atomic E-state index is 0.0704.